The number of hydrogen-bond acceptors (Lipinski definition) is 3. The second kappa shape index (κ2) is 6.53. The number of nitrogens with zero attached hydrogens (tertiary/aromatic N) is 2. The van der Waals surface area contributed by atoms with Crippen LogP contribution in [0.4, 0.5) is 10.2 Å². The molecule has 4 heteroatoms. The number of hydrogen-bond donors (Lipinski definition) is 1. The SMILES string of the molecule is C#CCN(CCC)c1ncc(F)cc1CNC1CC1. The molecule has 0 saturated heterocycles. The van der Waals surface area contributed by atoms with Gasteiger partial charge in [0.1, 0.15) is 11.6 Å². The zero-order valence-electron chi connectivity index (χ0n) is 11.3. The molecule has 0 aromatic carbocycles. The molecule has 1 N–H and O–H groups in total. The fourth-order valence-electron chi connectivity index (χ4n) is 2.07. The first-order valence-corrected chi connectivity index (χ1v) is 6.80. The lowest BCUT2D eigenvalue weighted by Crippen LogP contribution is -2.28. The van der Waals surface area contributed by atoms with Crippen molar-refractivity contribution in [3.05, 3.63) is 23.6 Å². The molecule has 19 heavy (non-hydrogen) atoms. The minimum absolute atomic E-state index is 0.298. The molecule has 1 aromatic heterocycles. The van der Waals surface area contributed by atoms with Crippen molar-refractivity contribution in [2.24, 2.45) is 0 Å². The number of nitrogens with one attached hydrogen (secondary N) is 1. The van der Waals surface area contributed by atoms with Crippen LogP contribution in [0.5, 0.6) is 0 Å². The van der Waals surface area contributed by atoms with Gasteiger partial charge in [-0.3, -0.25) is 0 Å². The summed E-state index contributed by atoms with van der Waals surface area (Å²) in [5.74, 6) is 3.14. The third kappa shape index (κ3) is 3.93. The molecule has 0 bridgehead atoms. The normalized spacial score (nSPS) is 14.2. The maximum atomic E-state index is 13.4. The molecule has 2 rings (SSSR count). The van der Waals surface area contributed by atoms with Gasteiger partial charge in [0.2, 0.25) is 0 Å². The van der Waals surface area contributed by atoms with Crippen molar-refractivity contribution in [3.63, 3.8) is 0 Å². The molecule has 1 saturated carbocycles. The summed E-state index contributed by atoms with van der Waals surface area (Å²) in [4.78, 5) is 6.26. The molecule has 0 aliphatic heterocycles. The van der Waals surface area contributed by atoms with Gasteiger partial charge in [-0.05, 0) is 25.3 Å². The highest BCUT2D eigenvalue weighted by Gasteiger charge is 2.21. The van der Waals surface area contributed by atoms with Gasteiger partial charge in [-0.25, -0.2) is 9.37 Å². The monoisotopic (exact) mass is 261 g/mol. The third-order valence-electron chi connectivity index (χ3n) is 3.14. The lowest BCUT2D eigenvalue weighted by atomic mass is 10.2. The van der Waals surface area contributed by atoms with Crippen LogP contribution in [0.15, 0.2) is 12.3 Å². The van der Waals surface area contributed by atoms with Gasteiger partial charge in [-0.15, -0.1) is 6.42 Å². The highest BCUT2D eigenvalue weighted by molar-refractivity contribution is 5.48. The third-order valence-corrected chi connectivity index (χ3v) is 3.14. The molecule has 0 radical (unpaired) electrons. The molecule has 3 nitrogen and oxygen atoms in total. The summed E-state index contributed by atoms with van der Waals surface area (Å²) >= 11 is 0. The van der Waals surface area contributed by atoms with Crippen LogP contribution in [0.1, 0.15) is 31.7 Å². The van der Waals surface area contributed by atoms with Gasteiger partial charge in [-0.2, -0.15) is 0 Å². The smallest absolute Gasteiger partial charge is 0.141 e. The van der Waals surface area contributed by atoms with Crippen LogP contribution >= 0.6 is 0 Å². The van der Waals surface area contributed by atoms with E-state index in [4.69, 9.17) is 6.42 Å². The Labute approximate surface area is 114 Å². The van der Waals surface area contributed by atoms with Crippen LogP contribution in [0.3, 0.4) is 0 Å². The van der Waals surface area contributed by atoms with Crippen molar-refractivity contribution in [2.45, 2.75) is 38.8 Å². The fourth-order valence-corrected chi connectivity index (χ4v) is 2.07. The number of terminal acetylenes is 1. The number of rotatable bonds is 7. The predicted octanol–water partition coefficient (Wildman–Crippen LogP) is 2.32. The Morgan fingerprint density at radius 2 is 2.37 bits per heavy atom. The highest BCUT2D eigenvalue weighted by Crippen LogP contribution is 2.23. The number of anilines is 1. The first-order chi connectivity index (χ1) is 9.24. The van der Waals surface area contributed by atoms with Gasteiger partial charge in [0, 0.05) is 24.7 Å². The van der Waals surface area contributed by atoms with E-state index in [1.54, 1.807) is 6.07 Å². The second-order valence-electron chi connectivity index (χ2n) is 4.92. The molecule has 1 aromatic rings. The van der Waals surface area contributed by atoms with E-state index in [0.29, 0.717) is 19.1 Å². The molecule has 1 aliphatic carbocycles. The maximum Gasteiger partial charge on any atom is 0.141 e. The van der Waals surface area contributed by atoms with Crippen LogP contribution in [0.2, 0.25) is 0 Å². The standard InChI is InChI=1S/C15H20FN3/c1-3-7-19(8-4-2)15-12(9-13(16)11-18-15)10-17-14-5-6-14/h1,9,11,14,17H,4-8,10H2,2H3. The van der Waals surface area contributed by atoms with Crippen molar-refractivity contribution in [1.29, 1.82) is 0 Å². The first kappa shape index (κ1) is 13.8. The molecule has 102 valence electrons. The molecule has 0 unspecified atom stereocenters. The van der Waals surface area contributed by atoms with Gasteiger partial charge >= 0.3 is 0 Å². The number of pyridine rings is 1. The van der Waals surface area contributed by atoms with E-state index in [0.717, 1.165) is 24.3 Å². The average Bonchev–Trinajstić information content (AvgIpc) is 3.20. The Kier molecular flexibility index (Phi) is 4.75. The minimum atomic E-state index is -0.298. The van der Waals surface area contributed by atoms with Gasteiger partial charge in [0.05, 0.1) is 12.7 Å². The van der Waals surface area contributed by atoms with E-state index in [1.807, 2.05) is 4.90 Å². The second-order valence-corrected chi connectivity index (χ2v) is 4.92. The van der Waals surface area contributed by atoms with Crippen LogP contribution < -0.4 is 10.2 Å². The summed E-state index contributed by atoms with van der Waals surface area (Å²) in [5.41, 5.74) is 0.885. The Balaban J connectivity index is 2.17. The van der Waals surface area contributed by atoms with E-state index >= 15 is 0 Å². The highest BCUT2D eigenvalue weighted by atomic mass is 19.1. The van der Waals surface area contributed by atoms with E-state index in [-0.39, 0.29) is 5.82 Å². The summed E-state index contributed by atoms with van der Waals surface area (Å²) in [6, 6.07) is 2.14. The van der Waals surface area contributed by atoms with Crippen LogP contribution in [0, 0.1) is 18.2 Å². The van der Waals surface area contributed by atoms with Gasteiger partial charge in [0.15, 0.2) is 0 Å². The van der Waals surface area contributed by atoms with Gasteiger partial charge in [0.25, 0.3) is 0 Å². The number of halogens is 1. The van der Waals surface area contributed by atoms with Crippen molar-refractivity contribution < 1.29 is 4.39 Å². The Morgan fingerprint density at radius 1 is 1.58 bits per heavy atom. The van der Waals surface area contributed by atoms with Crippen LogP contribution in [-0.4, -0.2) is 24.1 Å². The fraction of sp³-hybridized carbons (Fsp3) is 0.533. The lowest BCUT2D eigenvalue weighted by molar-refractivity contribution is 0.610. The van der Waals surface area contributed by atoms with Crippen LogP contribution in [0.25, 0.3) is 0 Å². The Hall–Kier alpha value is -1.60. The lowest BCUT2D eigenvalue weighted by Gasteiger charge is -2.23. The van der Waals surface area contributed by atoms with Crippen molar-refractivity contribution in [2.75, 3.05) is 18.0 Å². The average molecular weight is 261 g/mol. The van der Waals surface area contributed by atoms with E-state index in [2.05, 4.69) is 23.1 Å². The van der Waals surface area contributed by atoms with E-state index in [1.165, 1.54) is 19.0 Å². The van der Waals surface area contributed by atoms with Crippen molar-refractivity contribution >= 4 is 5.82 Å². The number of aromatic nitrogens is 1. The topological polar surface area (TPSA) is 28.2 Å². The molecular weight excluding hydrogens is 241 g/mol. The molecule has 0 atom stereocenters. The molecule has 1 fully saturated rings. The van der Waals surface area contributed by atoms with Gasteiger partial charge < -0.3 is 10.2 Å². The van der Waals surface area contributed by atoms with E-state index < -0.39 is 0 Å². The molecule has 0 spiro atoms. The summed E-state index contributed by atoms with van der Waals surface area (Å²) in [6.07, 6.45) is 10.1. The van der Waals surface area contributed by atoms with E-state index in [9.17, 15) is 4.39 Å². The van der Waals surface area contributed by atoms with Crippen molar-refractivity contribution in [1.82, 2.24) is 10.3 Å². The predicted molar refractivity (Wildman–Crippen MR) is 75.4 cm³/mol. The molecule has 1 heterocycles. The summed E-state index contributed by atoms with van der Waals surface area (Å²) in [5, 5.41) is 3.39. The molecule has 0 amide bonds. The first-order valence-electron chi connectivity index (χ1n) is 6.80. The molecule has 1 aliphatic rings. The largest absolute Gasteiger partial charge is 0.345 e. The maximum absolute atomic E-state index is 13.4. The Morgan fingerprint density at radius 3 is 3.00 bits per heavy atom. The van der Waals surface area contributed by atoms with Crippen molar-refractivity contribution in [3.8, 4) is 12.3 Å². The summed E-state index contributed by atoms with van der Waals surface area (Å²) in [7, 11) is 0. The zero-order chi connectivity index (χ0) is 13.7. The van der Waals surface area contributed by atoms with Crippen LogP contribution in [-0.2, 0) is 6.54 Å². The van der Waals surface area contributed by atoms with Gasteiger partial charge in [-0.1, -0.05) is 12.8 Å². The summed E-state index contributed by atoms with van der Waals surface area (Å²) < 4.78 is 13.4. The minimum Gasteiger partial charge on any atom is -0.345 e. The zero-order valence-corrected chi connectivity index (χ0v) is 11.3. The summed E-state index contributed by atoms with van der Waals surface area (Å²) in [6.45, 7) is 4.08. The molecular formula is C15H20FN3. The Bertz CT molecular complexity index is 463. The quantitative estimate of drug-likeness (QED) is 0.764.